The summed E-state index contributed by atoms with van der Waals surface area (Å²) in [7, 11) is 1.31. The monoisotopic (exact) mass is 617 g/mol. The number of rotatable bonds is 13. The zero-order chi connectivity index (χ0) is 32.2. The van der Waals surface area contributed by atoms with Crippen LogP contribution < -0.4 is 21.5 Å². The number of allylic oxidation sites excluding steroid dienone is 2. The number of ether oxygens (including phenoxy) is 2. The van der Waals surface area contributed by atoms with Crippen LogP contribution in [0.2, 0.25) is 0 Å². The van der Waals surface area contributed by atoms with Crippen LogP contribution in [0.15, 0.2) is 48.6 Å². The Morgan fingerprint density at radius 1 is 1.07 bits per heavy atom. The number of nitrogens with two attached hydrogens (primary N) is 2. The van der Waals surface area contributed by atoms with E-state index in [0.717, 1.165) is 5.69 Å². The van der Waals surface area contributed by atoms with Crippen LogP contribution in [0.1, 0.15) is 45.3 Å². The van der Waals surface area contributed by atoms with Crippen molar-refractivity contribution in [2.45, 2.75) is 39.7 Å². The topological polar surface area (TPSA) is 211 Å². The lowest BCUT2D eigenvalue weighted by Gasteiger charge is -2.16. The Bertz CT molecular complexity index is 1900. The van der Waals surface area contributed by atoms with Crippen molar-refractivity contribution in [1.82, 2.24) is 28.9 Å². The fraction of sp³-hybridized carbons (Fsp3) is 0.300. The number of aryl methyl sites for hydroxylation is 2. The average molecular weight is 618 g/mol. The number of carbonyl (C=O) groups excluding carboxylic acids is 2. The van der Waals surface area contributed by atoms with Crippen LogP contribution >= 0.6 is 0 Å². The van der Waals surface area contributed by atoms with Gasteiger partial charge < -0.3 is 45.6 Å². The van der Waals surface area contributed by atoms with Gasteiger partial charge in [-0.2, -0.15) is 5.10 Å². The molecule has 0 spiro atoms. The molecule has 45 heavy (non-hydrogen) atoms. The van der Waals surface area contributed by atoms with Gasteiger partial charge in [-0.3, -0.25) is 9.48 Å². The molecule has 0 radical (unpaired) electrons. The highest BCUT2D eigenvalue weighted by molar-refractivity contribution is 5.99. The molecule has 0 aliphatic heterocycles. The van der Waals surface area contributed by atoms with Crippen LogP contribution in [0, 0.1) is 6.92 Å². The molecule has 3 aromatic heterocycles. The summed E-state index contributed by atoms with van der Waals surface area (Å²) in [5.41, 5.74) is 15.8. The second-order valence-corrected chi connectivity index (χ2v) is 10.1. The zero-order valence-electron chi connectivity index (χ0n) is 25.1. The van der Waals surface area contributed by atoms with Gasteiger partial charge in [0.05, 0.1) is 47.2 Å². The van der Waals surface area contributed by atoms with Crippen LogP contribution in [-0.4, -0.2) is 71.3 Å². The van der Waals surface area contributed by atoms with Gasteiger partial charge >= 0.3 is 5.97 Å². The quantitative estimate of drug-likeness (QED) is 0.0733. The van der Waals surface area contributed by atoms with Crippen molar-refractivity contribution in [3.63, 3.8) is 0 Å². The minimum atomic E-state index is -1.11. The summed E-state index contributed by atoms with van der Waals surface area (Å²) in [6, 6.07) is 9.88. The first-order valence-corrected chi connectivity index (χ1v) is 14.2. The summed E-state index contributed by atoms with van der Waals surface area (Å²) < 4.78 is 15.8. The number of nitrogens with one attached hydrogen (secondary N) is 1. The van der Waals surface area contributed by atoms with Crippen molar-refractivity contribution < 1.29 is 29.3 Å². The van der Waals surface area contributed by atoms with Gasteiger partial charge in [-0.15, -0.1) is 0 Å². The molecule has 7 N–H and O–H groups in total. The van der Waals surface area contributed by atoms with Crippen LogP contribution in [0.25, 0.3) is 22.1 Å². The molecule has 1 unspecified atom stereocenters. The summed E-state index contributed by atoms with van der Waals surface area (Å²) in [6.07, 6.45) is 2.66. The van der Waals surface area contributed by atoms with E-state index in [1.54, 1.807) is 33.5 Å². The third-order valence-electron chi connectivity index (χ3n) is 7.16. The van der Waals surface area contributed by atoms with E-state index >= 15 is 0 Å². The Morgan fingerprint density at radius 2 is 1.80 bits per heavy atom. The van der Waals surface area contributed by atoms with Crippen molar-refractivity contribution in [2.24, 2.45) is 5.73 Å². The number of nitrogen functional groups attached to an aromatic ring is 1. The van der Waals surface area contributed by atoms with Gasteiger partial charge in [-0.25, -0.2) is 14.8 Å². The number of hydrogen-bond donors (Lipinski definition) is 5. The van der Waals surface area contributed by atoms with Gasteiger partial charge in [-0.05, 0) is 50.2 Å². The van der Waals surface area contributed by atoms with E-state index in [1.807, 2.05) is 30.6 Å². The highest BCUT2D eigenvalue weighted by Gasteiger charge is 2.20. The van der Waals surface area contributed by atoms with Crippen LogP contribution in [0.3, 0.4) is 0 Å². The van der Waals surface area contributed by atoms with E-state index in [9.17, 15) is 19.8 Å². The average Bonchev–Trinajstić information content (AvgIpc) is 3.68. The number of hydrogen-bond acceptors (Lipinski definition) is 11. The molecule has 5 rings (SSSR count). The highest BCUT2D eigenvalue weighted by atomic mass is 16.5. The number of amides is 1. The van der Waals surface area contributed by atoms with E-state index in [2.05, 4.69) is 20.4 Å². The molecule has 2 aromatic carbocycles. The molecule has 0 aliphatic rings. The summed E-state index contributed by atoms with van der Waals surface area (Å²) in [6.45, 7) is 4.78. The minimum Gasteiger partial charge on any atom is -0.489 e. The van der Waals surface area contributed by atoms with Crippen molar-refractivity contribution in [2.75, 3.05) is 31.4 Å². The summed E-state index contributed by atoms with van der Waals surface area (Å²) in [4.78, 5) is 33.1. The number of aromatic nitrogens is 6. The molecule has 0 saturated carbocycles. The zero-order valence-corrected chi connectivity index (χ0v) is 25.1. The predicted molar refractivity (Wildman–Crippen MR) is 167 cm³/mol. The van der Waals surface area contributed by atoms with Gasteiger partial charge in [0, 0.05) is 25.2 Å². The second kappa shape index (κ2) is 13.1. The van der Waals surface area contributed by atoms with Crippen LogP contribution in [-0.2, 0) is 24.4 Å². The molecular formula is C30H35N9O6. The first-order chi connectivity index (χ1) is 21.6. The number of fused-ring (bicyclic) bond motifs is 2. The Morgan fingerprint density at radius 3 is 2.49 bits per heavy atom. The number of aliphatic hydroxyl groups excluding tert-OH is 2. The summed E-state index contributed by atoms with van der Waals surface area (Å²) in [5.74, 6) is -0.247. The first-order valence-electron chi connectivity index (χ1n) is 14.2. The van der Waals surface area contributed by atoms with E-state index in [0.29, 0.717) is 64.7 Å². The smallest absolute Gasteiger partial charge is 0.337 e. The van der Waals surface area contributed by atoms with E-state index in [-0.39, 0.29) is 24.7 Å². The van der Waals surface area contributed by atoms with E-state index in [1.165, 1.54) is 19.2 Å². The molecular weight excluding hydrogens is 582 g/mol. The molecule has 0 saturated heterocycles. The number of benzene rings is 2. The number of aliphatic hydroxyl groups is 2. The number of anilines is 2. The van der Waals surface area contributed by atoms with Gasteiger partial charge in [0.15, 0.2) is 6.23 Å². The molecule has 5 aromatic rings. The first kappa shape index (κ1) is 31.0. The van der Waals surface area contributed by atoms with Crippen LogP contribution in [0.5, 0.6) is 5.75 Å². The predicted octanol–water partition coefficient (Wildman–Crippen LogP) is 2.11. The standard InChI is InChI=1S/C30H35N9O6/c1-4-39-23(13-17(2)36-39)27(42)35-30-34-20-14-18(28(43)44-3)7-8-22(20)37(30)9-5-6-10-38-25-21(33-29(38)32)15-19(26(31)41)16-24(25)45-12-11-40/h5-8,13-16,27,40,42H,4,9-12H2,1-3H3,(H2,31,41)(H2,32,33)(H,34,35)/b6-5+. The third-order valence-corrected chi connectivity index (χ3v) is 7.16. The lowest BCUT2D eigenvalue weighted by Crippen LogP contribution is -2.17. The molecule has 0 aliphatic carbocycles. The number of carbonyl (C=O) groups is 2. The molecule has 236 valence electrons. The van der Waals surface area contributed by atoms with Crippen molar-refractivity contribution >= 4 is 45.8 Å². The molecule has 1 amide bonds. The van der Waals surface area contributed by atoms with Crippen LogP contribution in [0.4, 0.5) is 11.9 Å². The van der Waals surface area contributed by atoms with Gasteiger partial charge in [0.2, 0.25) is 17.8 Å². The van der Waals surface area contributed by atoms with Crippen molar-refractivity contribution in [1.29, 1.82) is 0 Å². The maximum Gasteiger partial charge on any atom is 0.337 e. The van der Waals surface area contributed by atoms with E-state index < -0.39 is 18.1 Å². The fourth-order valence-corrected chi connectivity index (χ4v) is 5.11. The van der Waals surface area contributed by atoms with E-state index in [4.69, 9.17) is 20.9 Å². The number of imidazole rings is 2. The number of methoxy groups -OCH3 is 1. The molecule has 15 nitrogen and oxygen atoms in total. The van der Waals surface area contributed by atoms with Crippen molar-refractivity contribution in [3.8, 4) is 5.75 Å². The Labute approximate surface area is 257 Å². The molecule has 0 bridgehead atoms. The SMILES string of the molecule is CCn1nc(C)cc1C(O)Nc1nc2cc(C(=O)OC)ccc2n1C/C=C/Cn1c(N)nc2cc(C(N)=O)cc(OCCO)c21. The van der Waals surface area contributed by atoms with Gasteiger partial charge in [0.1, 0.15) is 17.9 Å². The largest absolute Gasteiger partial charge is 0.489 e. The van der Waals surface area contributed by atoms with Gasteiger partial charge in [-0.1, -0.05) is 12.2 Å². The number of nitrogens with zero attached hydrogens (tertiary/aromatic N) is 6. The maximum atomic E-state index is 12.2. The lowest BCUT2D eigenvalue weighted by molar-refractivity contribution is 0.0600. The minimum absolute atomic E-state index is 0.00385. The fourth-order valence-electron chi connectivity index (χ4n) is 5.11. The Kier molecular flexibility index (Phi) is 9.01. The van der Waals surface area contributed by atoms with Gasteiger partial charge in [0.25, 0.3) is 0 Å². The number of primary amides is 1. The summed E-state index contributed by atoms with van der Waals surface area (Å²) >= 11 is 0. The normalized spacial score (nSPS) is 12.3. The summed E-state index contributed by atoms with van der Waals surface area (Å²) in [5, 5.41) is 27.9. The Hall–Kier alpha value is -5.41. The lowest BCUT2D eigenvalue weighted by atomic mass is 10.1. The third kappa shape index (κ3) is 6.30. The van der Waals surface area contributed by atoms with Crippen molar-refractivity contribution in [3.05, 3.63) is 71.1 Å². The second-order valence-electron chi connectivity index (χ2n) is 10.1. The number of esters is 1. The highest BCUT2D eigenvalue weighted by Crippen LogP contribution is 2.30. The molecule has 15 heteroatoms. The molecule has 1 atom stereocenters. The maximum absolute atomic E-state index is 12.2. The molecule has 3 heterocycles. The Balaban J connectivity index is 1.46. The molecule has 0 fully saturated rings.